The Hall–Kier alpha value is -0.570. The molecule has 1 saturated carbocycles. The van der Waals surface area contributed by atoms with Gasteiger partial charge in [-0.3, -0.25) is 4.79 Å². The third kappa shape index (κ3) is 2.71. The Labute approximate surface area is 92.0 Å². The van der Waals surface area contributed by atoms with Gasteiger partial charge in [0, 0.05) is 12.6 Å². The van der Waals surface area contributed by atoms with E-state index in [0.29, 0.717) is 6.04 Å². The first-order valence-electron chi connectivity index (χ1n) is 6.28. The second-order valence-corrected chi connectivity index (χ2v) is 5.03. The highest BCUT2D eigenvalue weighted by Gasteiger charge is 2.27. The van der Waals surface area contributed by atoms with Gasteiger partial charge in [-0.1, -0.05) is 12.8 Å². The molecule has 1 heterocycles. The van der Waals surface area contributed by atoms with E-state index in [1.54, 1.807) is 0 Å². The lowest BCUT2D eigenvalue weighted by Crippen LogP contribution is -2.41. The molecule has 86 valence electrons. The normalized spacial score (nSPS) is 29.3. The Morgan fingerprint density at radius 3 is 2.67 bits per heavy atom. The summed E-state index contributed by atoms with van der Waals surface area (Å²) in [6.07, 6.45) is 6.28. The number of nitrogens with one attached hydrogen (secondary N) is 2. The molecule has 15 heavy (non-hydrogen) atoms. The summed E-state index contributed by atoms with van der Waals surface area (Å²) in [7, 11) is 0. The predicted octanol–water partition coefficient (Wildman–Crippen LogP) is 1.29. The molecule has 2 aliphatic rings. The van der Waals surface area contributed by atoms with E-state index in [1.807, 2.05) is 0 Å². The van der Waals surface area contributed by atoms with Crippen LogP contribution in [0.4, 0.5) is 0 Å². The zero-order valence-electron chi connectivity index (χ0n) is 9.59. The lowest BCUT2D eigenvalue weighted by atomic mass is 9.98. The number of carbonyl (C=O) groups excluding carboxylic acids is 1. The first kappa shape index (κ1) is 10.9. The molecule has 0 aromatic carbocycles. The summed E-state index contributed by atoms with van der Waals surface area (Å²) in [5.74, 6) is 1.21. The average Bonchev–Trinajstić information content (AvgIpc) is 2.91. The van der Waals surface area contributed by atoms with Crippen molar-refractivity contribution in [2.75, 3.05) is 13.1 Å². The van der Waals surface area contributed by atoms with Gasteiger partial charge in [-0.05, 0) is 38.6 Å². The summed E-state index contributed by atoms with van der Waals surface area (Å²) >= 11 is 0. The molecular weight excluding hydrogens is 188 g/mol. The van der Waals surface area contributed by atoms with Crippen LogP contribution >= 0.6 is 0 Å². The van der Waals surface area contributed by atoms with Crippen LogP contribution in [0.15, 0.2) is 0 Å². The maximum absolute atomic E-state index is 11.9. The van der Waals surface area contributed by atoms with E-state index in [1.165, 1.54) is 25.7 Å². The van der Waals surface area contributed by atoms with Gasteiger partial charge < -0.3 is 10.6 Å². The van der Waals surface area contributed by atoms with Gasteiger partial charge in [0.1, 0.15) is 0 Å². The molecule has 0 spiro atoms. The molecular formula is C12H22N2O. The zero-order valence-corrected chi connectivity index (χ0v) is 9.59. The summed E-state index contributed by atoms with van der Waals surface area (Å²) in [6, 6.07) is 0.376. The molecule has 0 aromatic rings. The van der Waals surface area contributed by atoms with Gasteiger partial charge in [-0.25, -0.2) is 0 Å². The largest absolute Gasteiger partial charge is 0.353 e. The Kier molecular flexibility index (Phi) is 3.62. The molecule has 2 N–H and O–H groups in total. The first-order valence-corrected chi connectivity index (χ1v) is 6.28. The van der Waals surface area contributed by atoms with Crippen LogP contribution in [0.2, 0.25) is 0 Å². The van der Waals surface area contributed by atoms with Crippen molar-refractivity contribution >= 4 is 5.91 Å². The van der Waals surface area contributed by atoms with Gasteiger partial charge in [-0.15, -0.1) is 0 Å². The minimum Gasteiger partial charge on any atom is -0.353 e. The van der Waals surface area contributed by atoms with Gasteiger partial charge in [0.2, 0.25) is 5.91 Å². The molecule has 0 radical (unpaired) electrons. The molecule has 0 bridgehead atoms. The molecule has 2 fully saturated rings. The fourth-order valence-electron chi connectivity index (χ4n) is 2.80. The van der Waals surface area contributed by atoms with E-state index in [2.05, 4.69) is 17.6 Å². The van der Waals surface area contributed by atoms with Crippen molar-refractivity contribution in [3.05, 3.63) is 0 Å². The van der Waals surface area contributed by atoms with E-state index in [4.69, 9.17) is 0 Å². The summed E-state index contributed by atoms with van der Waals surface area (Å²) < 4.78 is 0. The Bertz CT molecular complexity index is 218. The monoisotopic (exact) mass is 210 g/mol. The third-order valence-electron chi connectivity index (χ3n) is 3.91. The summed E-state index contributed by atoms with van der Waals surface area (Å²) in [5.41, 5.74) is 0. The molecule has 0 aromatic heterocycles. The highest BCUT2D eigenvalue weighted by atomic mass is 16.2. The van der Waals surface area contributed by atoms with Crippen LogP contribution in [0, 0.1) is 11.8 Å². The molecule has 1 aliphatic heterocycles. The lowest BCUT2D eigenvalue weighted by Gasteiger charge is -2.22. The van der Waals surface area contributed by atoms with Crippen molar-refractivity contribution < 1.29 is 4.79 Å². The topological polar surface area (TPSA) is 41.1 Å². The van der Waals surface area contributed by atoms with Gasteiger partial charge in [0.15, 0.2) is 0 Å². The van der Waals surface area contributed by atoms with Crippen LogP contribution < -0.4 is 10.6 Å². The fraction of sp³-hybridized carbons (Fsp3) is 0.917. The second-order valence-electron chi connectivity index (χ2n) is 5.03. The first-order chi connectivity index (χ1) is 7.27. The predicted molar refractivity (Wildman–Crippen MR) is 60.5 cm³/mol. The van der Waals surface area contributed by atoms with E-state index >= 15 is 0 Å². The number of rotatable bonds is 3. The van der Waals surface area contributed by atoms with Crippen LogP contribution in [0.25, 0.3) is 0 Å². The third-order valence-corrected chi connectivity index (χ3v) is 3.91. The van der Waals surface area contributed by atoms with Crippen molar-refractivity contribution in [3.8, 4) is 0 Å². The number of hydrogen-bond donors (Lipinski definition) is 2. The van der Waals surface area contributed by atoms with Crippen molar-refractivity contribution in [2.45, 2.75) is 45.1 Å². The molecule has 1 unspecified atom stereocenters. The van der Waals surface area contributed by atoms with Crippen LogP contribution in [0.3, 0.4) is 0 Å². The lowest BCUT2D eigenvalue weighted by molar-refractivity contribution is -0.125. The van der Waals surface area contributed by atoms with Gasteiger partial charge in [0.25, 0.3) is 0 Å². The molecule has 1 saturated heterocycles. The number of amides is 1. The molecule has 2 rings (SSSR count). The Morgan fingerprint density at radius 1 is 1.33 bits per heavy atom. The van der Waals surface area contributed by atoms with Gasteiger partial charge >= 0.3 is 0 Å². The minimum atomic E-state index is 0.217. The summed E-state index contributed by atoms with van der Waals surface area (Å²) in [4.78, 5) is 11.9. The van der Waals surface area contributed by atoms with Crippen molar-refractivity contribution in [1.29, 1.82) is 0 Å². The van der Waals surface area contributed by atoms with Crippen LogP contribution in [-0.2, 0) is 4.79 Å². The Balaban J connectivity index is 1.77. The van der Waals surface area contributed by atoms with Gasteiger partial charge in [0.05, 0.1) is 5.92 Å². The van der Waals surface area contributed by atoms with E-state index in [9.17, 15) is 4.79 Å². The fourth-order valence-corrected chi connectivity index (χ4v) is 2.80. The van der Waals surface area contributed by atoms with E-state index in [-0.39, 0.29) is 11.8 Å². The van der Waals surface area contributed by atoms with Crippen LogP contribution in [0.5, 0.6) is 0 Å². The number of carbonyl (C=O) groups is 1. The molecule has 2 atom stereocenters. The molecule has 3 nitrogen and oxygen atoms in total. The Morgan fingerprint density at radius 2 is 2.07 bits per heavy atom. The van der Waals surface area contributed by atoms with Crippen LogP contribution in [-0.4, -0.2) is 25.0 Å². The summed E-state index contributed by atoms with van der Waals surface area (Å²) in [6.45, 7) is 4.02. The molecule has 1 amide bonds. The average molecular weight is 210 g/mol. The second kappa shape index (κ2) is 4.97. The quantitative estimate of drug-likeness (QED) is 0.737. The van der Waals surface area contributed by atoms with E-state index in [0.717, 1.165) is 25.4 Å². The molecule has 3 heteroatoms. The molecule has 1 aliphatic carbocycles. The van der Waals surface area contributed by atoms with Crippen molar-refractivity contribution in [3.63, 3.8) is 0 Å². The van der Waals surface area contributed by atoms with E-state index < -0.39 is 0 Å². The number of hydrogen-bond acceptors (Lipinski definition) is 2. The van der Waals surface area contributed by atoms with Gasteiger partial charge in [-0.2, -0.15) is 0 Å². The highest BCUT2D eigenvalue weighted by molar-refractivity contribution is 5.79. The van der Waals surface area contributed by atoms with Crippen LogP contribution in [0.1, 0.15) is 39.0 Å². The maximum atomic E-state index is 11.9. The van der Waals surface area contributed by atoms with Crippen molar-refractivity contribution in [1.82, 2.24) is 10.6 Å². The smallest absolute Gasteiger partial charge is 0.224 e. The highest BCUT2D eigenvalue weighted by Crippen LogP contribution is 2.27. The minimum absolute atomic E-state index is 0.217. The maximum Gasteiger partial charge on any atom is 0.224 e. The standard InChI is InChI=1S/C12H22N2O/c1-9(10-4-2-3-5-10)14-12(15)11-6-7-13-8-11/h9-11,13H,2-8H2,1H3,(H,14,15)/t9-,11?/m0/s1. The van der Waals surface area contributed by atoms with Crippen molar-refractivity contribution in [2.24, 2.45) is 11.8 Å². The zero-order chi connectivity index (χ0) is 10.7. The SMILES string of the molecule is C[C@H](NC(=O)C1CCNC1)C1CCCC1. The summed E-state index contributed by atoms with van der Waals surface area (Å²) in [5, 5.41) is 6.42.